The topological polar surface area (TPSA) is 72.2 Å². The number of nitrogens with one attached hydrogen (secondary N) is 1. The maximum Gasteiger partial charge on any atom is 0.220 e. The smallest absolute Gasteiger partial charge is 0.220 e. The van der Waals surface area contributed by atoms with E-state index in [0.717, 1.165) is 0 Å². The van der Waals surface area contributed by atoms with Gasteiger partial charge in [0.1, 0.15) is 5.78 Å². The molecule has 0 saturated heterocycles. The summed E-state index contributed by atoms with van der Waals surface area (Å²) in [6, 6.07) is 0. The molecular weight excluding hydrogens is 264 g/mol. The third kappa shape index (κ3) is 12.5. The van der Waals surface area contributed by atoms with Gasteiger partial charge < -0.3 is 11.1 Å². The van der Waals surface area contributed by atoms with Crippen molar-refractivity contribution in [1.82, 2.24) is 5.32 Å². The van der Waals surface area contributed by atoms with E-state index in [-0.39, 0.29) is 22.6 Å². The highest BCUT2D eigenvalue weighted by atomic mass is 16.1. The van der Waals surface area contributed by atoms with E-state index in [0.29, 0.717) is 32.1 Å². The maximum absolute atomic E-state index is 11.9. The Kier molecular flexibility index (Phi) is 7.07. The molecule has 0 rings (SSSR count). The van der Waals surface area contributed by atoms with Crippen molar-refractivity contribution in [3.05, 3.63) is 0 Å². The van der Waals surface area contributed by atoms with Gasteiger partial charge in [-0.25, -0.2) is 0 Å². The summed E-state index contributed by atoms with van der Waals surface area (Å²) < 4.78 is 0. The first-order chi connectivity index (χ1) is 9.20. The summed E-state index contributed by atoms with van der Waals surface area (Å²) in [6.07, 6.45) is 2.69. The molecule has 0 heterocycles. The zero-order chi connectivity index (χ0) is 16.9. The molecule has 0 bridgehead atoms. The van der Waals surface area contributed by atoms with Gasteiger partial charge in [-0.1, -0.05) is 20.8 Å². The summed E-state index contributed by atoms with van der Waals surface area (Å²) in [5.74, 6) is 0.263. The van der Waals surface area contributed by atoms with Gasteiger partial charge in [0.2, 0.25) is 5.91 Å². The van der Waals surface area contributed by atoms with Crippen molar-refractivity contribution < 1.29 is 9.59 Å². The summed E-state index contributed by atoms with van der Waals surface area (Å²) in [7, 11) is 0. The fourth-order valence-corrected chi connectivity index (χ4v) is 2.11. The summed E-state index contributed by atoms with van der Waals surface area (Å²) in [5, 5.41) is 2.93. The van der Waals surface area contributed by atoms with E-state index >= 15 is 0 Å². The number of amides is 1. The highest BCUT2D eigenvalue weighted by molar-refractivity contribution is 5.79. The fraction of sp³-hybridized carbons (Fsp3) is 0.882. The molecule has 124 valence electrons. The average Bonchev–Trinajstić information content (AvgIpc) is 2.19. The molecule has 0 saturated carbocycles. The van der Waals surface area contributed by atoms with Crippen LogP contribution in [0.1, 0.15) is 80.6 Å². The van der Waals surface area contributed by atoms with Crippen molar-refractivity contribution in [3.63, 3.8) is 0 Å². The molecule has 1 unspecified atom stereocenters. The Labute approximate surface area is 130 Å². The molecule has 0 aromatic carbocycles. The van der Waals surface area contributed by atoms with Gasteiger partial charge in [0, 0.05) is 30.3 Å². The van der Waals surface area contributed by atoms with Crippen LogP contribution in [-0.2, 0) is 9.59 Å². The number of carbonyl (C=O) groups excluding carboxylic acids is 2. The van der Waals surface area contributed by atoms with Gasteiger partial charge >= 0.3 is 0 Å². The lowest BCUT2D eigenvalue weighted by Gasteiger charge is -2.26. The molecule has 1 amide bonds. The Bertz CT molecular complexity index is 326. The number of hydrogen-bond donors (Lipinski definition) is 2. The molecule has 1 atom stereocenters. The van der Waals surface area contributed by atoms with Crippen LogP contribution in [0, 0.1) is 5.41 Å². The Hall–Kier alpha value is -0.900. The number of Topliss-reactive ketones (excluding diaryl/α,β-unsaturated/α-hetero) is 1. The molecule has 3 N–H and O–H groups in total. The molecular formula is C17H34N2O2. The van der Waals surface area contributed by atoms with Gasteiger partial charge in [-0.15, -0.1) is 0 Å². The zero-order valence-corrected chi connectivity index (χ0v) is 14.9. The predicted octanol–water partition coefficient (Wildman–Crippen LogP) is 3.18. The quantitative estimate of drug-likeness (QED) is 0.758. The molecule has 21 heavy (non-hydrogen) atoms. The molecule has 0 aromatic heterocycles. The van der Waals surface area contributed by atoms with E-state index in [2.05, 4.69) is 26.1 Å². The van der Waals surface area contributed by atoms with Crippen molar-refractivity contribution in [3.8, 4) is 0 Å². The van der Waals surface area contributed by atoms with Crippen LogP contribution in [0.5, 0.6) is 0 Å². The van der Waals surface area contributed by atoms with Crippen molar-refractivity contribution >= 4 is 11.7 Å². The lowest BCUT2D eigenvalue weighted by Crippen LogP contribution is -2.43. The van der Waals surface area contributed by atoms with E-state index in [9.17, 15) is 9.59 Å². The van der Waals surface area contributed by atoms with Crippen LogP contribution in [0.15, 0.2) is 0 Å². The Balaban J connectivity index is 4.15. The van der Waals surface area contributed by atoms with Crippen LogP contribution in [0.4, 0.5) is 0 Å². The van der Waals surface area contributed by atoms with E-state index in [4.69, 9.17) is 5.73 Å². The fourth-order valence-electron chi connectivity index (χ4n) is 2.11. The number of hydrogen-bond acceptors (Lipinski definition) is 3. The van der Waals surface area contributed by atoms with Crippen molar-refractivity contribution in [2.75, 3.05) is 0 Å². The minimum absolute atomic E-state index is 0.0141. The highest BCUT2D eigenvalue weighted by Gasteiger charge is 2.24. The summed E-state index contributed by atoms with van der Waals surface area (Å²) in [4.78, 5) is 23.7. The standard InChI is InChI=1S/C17H34N2O2/c1-15(2,3)12-13(20)8-10-17(7,18)11-9-14(21)19-16(4,5)6/h8-12,18H2,1-7H3,(H,19,21). The van der Waals surface area contributed by atoms with Crippen molar-refractivity contribution in [2.45, 2.75) is 91.6 Å². The van der Waals surface area contributed by atoms with Crippen molar-refractivity contribution in [2.24, 2.45) is 11.1 Å². The SMILES string of the molecule is CC(C)(C)CC(=O)CCC(C)(N)CCC(=O)NC(C)(C)C. The molecule has 0 spiro atoms. The normalized spacial score (nSPS) is 15.4. The zero-order valence-electron chi connectivity index (χ0n) is 14.9. The van der Waals surface area contributed by atoms with E-state index in [1.807, 2.05) is 27.7 Å². The molecule has 0 fully saturated rings. The van der Waals surface area contributed by atoms with Crippen LogP contribution < -0.4 is 11.1 Å². The average molecular weight is 298 g/mol. The molecule has 0 aromatic rings. The Morgan fingerprint density at radius 1 is 0.905 bits per heavy atom. The van der Waals surface area contributed by atoms with Crippen LogP contribution in [0.3, 0.4) is 0 Å². The summed E-state index contributed by atoms with van der Waals surface area (Å²) in [6.45, 7) is 14.0. The first-order valence-corrected chi connectivity index (χ1v) is 7.82. The monoisotopic (exact) mass is 298 g/mol. The first-order valence-electron chi connectivity index (χ1n) is 7.82. The first kappa shape index (κ1) is 20.1. The van der Waals surface area contributed by atoms with Gasteiger partial charge in [-0.3, -0.25) is 9.59 Å². The largest absolute Gasteiger partial charge is 0.352 e. The number of ketones is 1. The second-order valence-corrected chi connectivity index (χ2v) is 8.73. The van der Waals surface area contributed by atoms with Gasteiger partial charge in [0.25, 0.3) is 0 Å². The lowest BCUT2D eigenvalue weighted by atomic mass is 9.85. The number of rotatable bonds is 7. The predicted molar refractivity (Wildman–Crippen MR) is 88.0 cm³/mol. The van der Waals surface area contributed by atoms with E-state index in [1.165, 1.54) is 0 Å². The molecule has 4 nitrogen and oxygen atoms in total. The highest BCUT2D eigenvalue weighted by Crippen LogP contribution is 2.22. The minimum Gasteiger partial charge on any atom is -0.352 e. The molecule has 0 aliphatic heterocycles. The van der Waals surface area contributed by atoms with Crippen LogP contribution in [-0.4, -0.2) is 22.8 Å². The summed E-state index contributed by atoms with van der Waals surface area (Å²) in [5.41, 5.74) is 5.54. The number of carbonyl (C=O) groups is 2. The van der Waals surface area contributed by atoms with E-state index in [1.54, 1.807) is 0 Å². The van der Waals surface area contributed by atoms with Crippen LogP contribution >= 0.6 is 0 Å². The second kappa shape index (κ2) is 7.39. The molecule has 0 radical (unpaired) electrons. The molecule has 4 heteroatoms. The summed E-state index contributed by atoms with van der Waals surface area (Å²) >= 11 is 0. The second-order valence-electron chi connectivity index (χ2n) is 8.73. The minimum atomic E-state index is -0.469. The lowest BCUT2D eigenvalue weighted by molar-refractivity contribution is -0.122. The third-order valence-corrected chi connectivity index (χ3v) is 3.14. The number of nitrogens with two attached hydrogens (primary N) is 1. The van der Waals surface area contributed by atoms with E-state index < -0.39 is 5.54 Å². The van der Waals surface area contributed by atoms with Gasteiger partial charge in [-0.05, 0) is 46.0 Å². The maximum atomic E-state index is 11.9. The van der Waals surface area contributed by atoms with Crippen molar-refractivity contribution in [1.29, 1.82) is 0 Å². The van der Waals surface area contributed by atoms with Crippen LogP contribution in [0.2, 0.25) is 0 Å². The Morgan fingerprint density at radius 3 is 1.81 bits per heavy atom. The molecule has 0 aliphatic carbocycles. The van der Waals surface area contributed by atoms with Crippen LogP contribution in [0.25, 0.3) is 0 Å². The molecule has 0 aliphatic rings. The van der Waals surface area contributed by atoms with Gasteiger partial charge in [0.05, 0.1) is 0 Å². The Morgan fingerprint density at radius 2 is 1.38 bits per heavy atom. The van der Waals surface area contributed by atoms with Gasteiger partial charge in [0.15, 0.2) is 0 Å². The van der Waals surface area contributed by atoms with Gasteiger partial charge in [-0.2, -0.15) is 0 Å². The third-order valence-electron chi connectivity index (χ3n) is 3.14.